The van der Waals surface area contributed by atoms with Gasteiger partial charge in [0.1, 0.15) is 6.04 Å². The van der Waals surface area contributed by atoms with Crippen LogP contribution in [0.5, 0.6) is 0 Å². The van der Waals surface area contributed by atoms with Gasteiger partial charge in [-0.15, -0.1) is 0 Å². The number of carbonyl (C=O) groups is 2. The zero-order valence-electron chi connectivity index (χ0n) is 17.7. The van der Waals surface area contributed by atoms with Gasteiger partial charge in [-0.2, -0.15) is 0 Å². The molecule has 160 valence electrons. The molecular weight excluding hydrogens is 398 g/mol. The molecule has 5 nitrogen and oxygen atoms in total. The smallest absolute Gasteiger partial charge is 0.253 e. The summed E-state index contributed by atoms with van der Waals surface area (Å²) >= 11 is 6.06. The second kappa shape index (κ2) is 10.6. The van der Waals surface area contributed by atoms with Crippen LogP contribution in [0.3, 0.4) is 0 Å². The van der Waals surface area contributed by atoms with E-state index in [2.05, 4.69) is 34.6 Å². The van der Waals surface area contributed by atoms with Crippen LogP contribution in [-0.2, 0) is 17.9 Å². The number of likely N-dealkylation sites (tertiary alicyclic amines) is 1. The topological polar surface area (TPSA) is 61.4 Å². The van der Waals surface area contributed by atoms with E-state index in [0.29, 0.717) is 17.1 Å². The number of hydrogen-bond acceptors (Lipinski definition) is 3. The van der Waals surface area contributed by atoms with Gasteiger partial charge in [0.15, 0.2) is 0 Å². The zero-order chi connectivity index (χ0) is 21.5. The first-order valence-electron chi connectivity index (χ1n) is 10.6. The number of carbonyl (C=O) groups excluding carboxylic acids is 2. The summed E-state index contributed by atoms with van der Waals surface area (Å²) in [4.78, 5) is 27.4. The van der Waals surface area contributed by atoms with Crippen molar-refractivity contribution in [2.24, 2.45) is 5.92 Å². The third-order valence-electron chi connectivity index (χ3n) is 5.57. The van der Waals surface area contributed by atoms with Crippen molar-refractivity contribution in [3.8, 4) is 0 Å². The lowest BCUT2D eigenvalue weighted by molar-refractivity contribution is -0.122. The Morgan fingerprint density at radius 3 is 2.57 bits per heavy atom. The van der Waals surface area contributed by atoms with Crippen LogP contribution in [0.15, 0.2) is 48.5 Å². The van der Waals surface area contributed by atoms with Crippen LogP contribution in [0.1, 0.15) is 48.2 Å². The lowest BCUT2D eigenvalue weighted by Gasteiger charge is -2.31. The summed E-state index contributed by atoms with van der Waals surface area (Å²) in [5.41, 5.74) is 2.70. The van der Waals surface area contributed by atoms with Gasteiger partial charge in [-0.05, 0) is 55.5 Å². The van der Waals surface area contributed by atoms with Crippen LogP contribution in [0.4, 0.5) is 0 Å². The summed E-state index contributed by atoms with van der Waals surface area (Å²) in [6.07, 6.45) is 2.54. The summed E-state index contributed by atoms with van der Waals surface area (Å²) in [5, 5.41) is 6.03. The molecule has 0 spiro atoms. The van der Waals surface area contributed by atoms with E-state index in [4.69, 9.17) is 11.6 Å². The molecule has 0 aromatic heterocycles. The second-order valence-electron chi connectivity index (χ2n) is 8.14. The highest BCUT2D eigenvalue weighted by molar-refractivity contribution is 6.33. The van der Waals surface area contributed by atoms with Crippen LogP contribution in [-0.4, -0.2) is 35.8 Å². The largest absolute Gasteiger partial charge is 0.350 e. The van der Waals surface area contributed by atoms with Crippen molar-refractivity contribution in [1.29, 1.82) is 0 Å². The summed E-state index contributed by atoms with van der Waals surface area (Å²) in [5.74, 6) is 0.146. The van der Waals surface area contributed by atoms with Gasteiger partial charge in [0.25, 0.3) is 5.91 Å². The fourth-order valence-electron chi connectivity index (χ4n) is 3.88. The van der Waals surface area contributed by atoms with Crippen molar-refractivity contribution < 1.29 is 9.59 Å². The third kappa shape index (κ3) is 6.07. The lowest BCUT2D eigenvalue weighted by atomic mass is 9.99. The Hall–Kier alpha value is -2.37. The predicted octanol–water partition coefficient (Wildman–Crippen LogP) is 4.01. The van der Waals surface area contributed by atoms with E-state index in [-0.39, 0.29) is 11.8 Å². The Balaban J connectivity index is 1.55. The second-order valence-corrected chi connectivity index (χ2v) is 8.55. The van der Waals surface area contributed by atoms with Gasteiger partial charge in [-0.25, -0.2) is 0 Å². The summed E-state index contributed by atoms with van der Waals surface area (Å²) in [6, 6.07) is 14.3. The molecule has 2 atom stereocenters. The van der Waals surface area contributed by atoms with E-state index < -0.39 is 6.04 Å². The first-order valence-corrected chi connectivity index (χ1v) is 10.9. The lowest BCUT2D eigenvalue weighted by Crippen LogP contribution is -2.44. The number of benzene rings is 2. The highest BCUT2D eigenvalue weighted by Crippen LogP contribution is 2.19. The van der Waals surface area contributed by atoms with Gasteiger partial charge in [0.05, 0.1) is 10.6 Å². The van der Waals surface area contributed by atoms with Crippen LogP contribution in [0.2, 0.25) is 5.02 Å². The standard InChI is InChI=1S/C24H30ClN3O2/c1-17-8-7-13-28(15-17)16-20-10-4-3-9-19(20)14-26-23(29)18(2)27-24(30)21-11-5-6-12-22(21)25/h3-6,9-12,17-18H,7-8,13-16H2,1-2H3,(H,26,29)(H,27,30). The van der Waals surface area contributed by atoms with Gasteiger partial charge in [-0.1, -0.05) is 54.9 Å². The number of rotatable bonds is 7. The average molecular weight is 428 g/mol. The fraction of sp³-hybridized carbons (Fsp3) is 0.417. The van der Waals surface area contributed by atoms with Gasteiger partial charge < -0.3 is 10.6 Å². The number of halogens is 1. The number of piperidine rings is 1. The Bertz CT molecular complexity index is 886. The molecule has 3 rings (SSSR count). The van der Waals surface area contributed by atoms with E-state index in [9.17, 15) is 9.59 Å². The van der Waals surface area contributed by atoms with Crippen molar-refractivity contribution in [3.05, 3.63) is 70.2 Å². The molecule has 1 fully saturated rings. The van der Waals surface area contributed by atoms with Crippen molar-refractivity contribution in [1.82, 2.24) is 15.5 Å². The molecule has 1 saturated heterocycles. The number of hydrogen-bond donors (Lipinski definition) is 2. The minimum Gasteiger partial charge on any atom is -0.350 e. The quantitative estimate of drug-likeness (QED) is 0.701. The number of amides is 2. The Morgan fingerprint density at radius 2 is 1.83 bits per heavy atom. The minimum absolute atomic E-state index is 0.225. The monoisotopic (exact) mass is 427 g/mol. The molecule has 1 heterocycles. The van der Waals surface area contributed by atoms with Gasteiger partial charge in [0.2, 0.25) is 5.91 Å². The molecule has 6 heteroatoms. The normalized spacial score (nSPS) is 17.9. The molecule has 30 heavy (non-hydrogen) atoms. The third-order valence-corrected chi connectivity index (χ3v) is 5.90. The Morgan fingerprint density at radius 1 is 1.13 bits per heavy atom. The molecule has 0 bridgehead atoms. The maximum Gasteiger partial charge on any atom is 0.253 e. The number of nitrogens with zero attached hydrogens (tertiary/aromatic N) is 1. The van der Waals surface area contributed by atoms with Gasteiger partial charge >= 0.3 is 0 Å². The van der Waals surface area contributed by atoms with Crippen molar-refractivity contribution in [2.75, 3.05) is 13.1 Å². The fourth-order valence-corrected chi connectivity index (χ4v) is 4.10. The van der Waals surface area contributed by atoms with Crippen molar-refractivity contribution >= 4 is 23.4 Å². The summed E-state index contributed by atoms with van der Waals surface area (Å²) in [6.45, 7) is 7.55. The van der Waals surface area contributed by atoms with E-state index in [1.54, 1.807) is 31.2 Å². The number of nitrogens with one attached hydrogen (secondary N) is 2. The molecule has 1 aliphatic heterocycles. The van der Waals surface area contributed by atoms with E-state index >= 15 is 0 Å². The summed E-state index contributed by atoms with van der Waals surface area (Å²) in [7, 11) is 0. The summed E-state index contributed by atoms with van der Waals surface area (Å²) < 4.78 is 0. The van der Waals surface area contributed by atoms with Crippen LogP contribution >= 0.6 is 11.6 Å². The molecule has 2 aromatic rings. The Labute approximate surface area is 183 Å². The first kappa shape index (κ1) is 22.3. The van der Waals surface area contributed by atoms with Gasteiger partial charge in [-0.3, -0.25) is 14.5 Å². The highest BCUT2D eigenvalue weighted by atomic mass is 35.5. The molecule has 2 unspecified atom stereocenters. The average Bonchev–Trinajstić information content (AvgIpc) is 2.73. The molecule has 2 amide bonds. The van der Waals surface area contributed by atoms with Crippen LogP contribution in [0.25, 0.3) is 0 Å². The highest BCUT2D eigenvalue weighted by Gasteiger charge is 2.19. The molecule has 1 aliphatic rings. The van der Waals surface area contributed by atoms with Crippen molar-refractivity contribution in [3.63, 3.8) is 0 Å². The molecule has 2 aromatic carbocycles. The Kier molecular flexibility index (Phi) is 7.88. The molecule has 0 aliphatic carbocycles. The minimum atomic E-state index is -0.663. The van der Waals surface area contributed by atoms with E-state index in [1.807, 2.05) is 12.1 Å². The maximum absolute atomic E-state index is 12.5. The molecule has 2 N–H and O–H groups in total. The van der Waals surface area contributed by atoms with Crippen LogP contribution < -0.4 is 10.6 Å². The van der Waals surface area contributed by atoms with E-state index in [1.165, 1.54) is 18.4 Å². The van der Waals surface area contributed by atoms with Crippen LogP contribution in [0, 0.1) is 5.92 Å². The predicted molar refractivity (Wildman–Crippen MR) is 120 cm³/mol. The zero-order valence-corrected chi connectivity index (χ0v) is 18.4. The SMILES string of the molecule is CC1CCCN(Cc2ccccc2CNC(=O)C(C)NC(=O)c2ccccc2Cl)C1. The first-order chi connectivity index (χ1) is 14.4. The molecular formula is C24H30ClN3O2. The molecule has 0 saturated carbocycles. The van der Waals surface area contributed by atoms with Gasteiger partial charge in [0, 0.05) is 19.6 Å². The van der Waals surface area contributed by atoms with Crippen molar-refractivity contribution in [2.45, 2.75) is 45.8 Å². The van der Waals surface area contributed by atoms with E-state index in [0.717, 1.165) is 31.1 Å². The molecule has 0 radical (unpaired) electrons. The maximum atomic E-state index is 12.5.